The molecule has 1 aliphatic heterocycles. The first-order valence-electron chi connectivity index (χ1n) is 14.3. The topological polar surface area (TPSA) is 149 Å². The summed E-state index contributed by atoms with van der Waals surface area (Å²) < 4.78 is 6.02. The molecular weight excluding hydrogens is 627 g/mol. The minimum Gasteiger partial charge on any atom is -0.507 e. The van der Waals surface area contributed by atoms with Crippen LogP contribution in [0.1, 0.15) is 75.1 Å². The average Bonchev–Trinajstić information content (AvgIpc) is 3.45. The van der Waals surface area contributed by atoms with Gasteiger partial charge >= 0.3 is 5.97 Å². The summed E-state index contributed by atoms with van der Waals surface area (Å²) in [6.45, 7) is 2.43. The number of ether oxygens (including phenoxy) is 1. The van der Waals surface area contributed by atoms with E-state index < -0.39 is 34.0 Å². The van der Waals surface area contributed by atoms with Crippen molar-refractivity contribution in [3.63, 3.8) is 0 Å². The number of carbonyl (C=O) groups excluding carboxylic acids is 2. The molecular formula is C30H37IN2O7. The van der Waals surface area contributed by atoms with Gasteiger partial charge in [-0.2, -0.15) is 5.10 Å². The third-order valence-electron chi connectivity index (χ3n) is 11.3. The summed E-state index contributed by atoms with van der Waals surface area (Å²) in [6, 6.07) is 4.74. The molecule has 216 valence electrons. The molecule has 0 radical (unpaired) electrons. The number of fused-ring (bicyclic) bond motifs is 5. The molecule has 4 aliphatic carbocycles. The van der Waals surface area contributed by atoms with Gasteiger partial charge in [-0.3, -0.25) is 4.79 Å². The number of nitrogens with zero attached hydrogens (tertiary/aromatic N) is 1. The summed E-state index contributed by atoms with van der Waals surface area (Å²) in [5.41, 5.74) is 0.165. The molecule has 0 saturated heterocycles. The summed E-state index contributed by atoms with van der Waals surface area (Å²) in [5, 5.41) is 49.7. The molecule has 6 rings (SSSR count). The molecule has 0 bridgehead atoms. The first-order valence-corrected chi connectivity index (χ1v) is 15.3. The van der Waals surface area contributed by atoms with E-state index in [1.165, 1.54) is 6.07 Å². The predicted octanol–water partition coefficient (Wildman–Crippen LogP) is 3.43. The summed E-state index contributed by atoms with van der Waals surface area (Å²) >= 11 is 2.07. The monoisotopic (exact) mass is 664 g/mol. The van der Waals surface area contributed by atoms with Crippen molar-refractivity contribution in [2.75, 3.05) is 6.61 Å². The Bertz CT molecular complexity index is 1300. The first kappa shape index (κ1) is 28.1. The van der Waals surface area contributed by atoms with Crippen molar-refractivity contribution in [3.05, 3.63) is 39.0 Å². The standard InChI is InChI=1S/C30H37IN2O7/c1-27-8-5-22-23(30(27,39)11-7-21(27)17-12-25(36)40-15-17)6-10-29(38)14-19(34)4-9-28(22,29)16-32-33-26(37)20-13-18(31)2-3-24(20)35/h2-3,12-13,16,19,21-23,34-35,38-39H,4-11,14-15H2,1H3,(H,33,37)/b32-16-/t19-,21-,22+,23-,27-,28+,29+,30+/m1/s1. The maximum Gasteiger partial charge on any atom is 0.331 e. The number of rotatable bonds is 4. The molecule has 0 aromatic heterocycles. The lowest BCUT2D eigenvalue weighted by atomic mass is 9.41. The SMILES string of the molecule is C[C@]12CC[C@H]3[C@@H](CC[C@]4(O)C[C@H](O)CC[C@]34/C=N\NC(=O)c3cc(I)ccc3O)[C@@]1(O)CC[C@@H]2C1=CC(=O)OC1. The number of aliphatic hydroxyl groups is 3. The number of cyclic esters (lactones) is 1. The fourth-order valence-corrected chi connectivity index (χ4v) is 9.81. The summed E-state index contributed by atoms with van der Waals surface area (Å²) in [4.78, 5) is 24.7. The van der Waals surface area contributed by atoms with E-state index in [-0.39, 0.29) is 48.1 Å². The van der Waals surface area contributed by atoms with Crippen molar-refractivity contribution >= 4 is 40.7 Å². The van der Waals surface area contributed by atoms with Crippen LogP contribution in [0.4, 0.5) is 0 Å². The van der Waals surface area contributed by atoms with Gasteiger partial charge in [0.25, 0.3) is 5.91 Å². The second kappa shape index (κ2) is 9.78. The molecule has 10 heteroatoms. The largest absolute Gasteiger partial charge is 0.507 e. The molecule has 0 unspecified atom stereocenters. The molecule has 0 spiro atoms. The summed E-state index contributed by atoms with van der Waals surface area (Å²) in [6.07, 6.45) is 7.74. The van der Waals surface area contributed by atoms with E-state index in [1.54, 1.807) is 24.4 Å². The Labute approximate surface area is 247 Å². The number of nitrogens with one attached hydrogen (secondary N) is 1. The van der Waals surface area contributed by atoms with E-state index in [4.69, 9.17) is 4.74 Å². The van der Waals surface area contributed by atoms with E-state index in [9.17, 15) is 30.0 Å². The van der Waals surface area contributed by atoms with Crippen LogP contribution in [0.2, 0.25) is 0 Å². The van der Waals surface area contributed by atoms with Crippen LogP contribution in [0.25, 0.3) is 0 Å². The van der Waals surface area contributed by atoms with Gasteiger partial charge in [0.15, 0.2) is 0 Å². The van der Waals surface area contributed by atoms with Crippen molar-refractivity contribution in [3.8, 4) is 5.75 Å². The number of hydrazone groups is 1. The van der Waals surface area contributed by atoms with Gasteiger partial charge in [0.1, 0.15) is 12.4 Å². The van der Waals surface area contributed by atoms with Crippen molar-refractivity contribution in [1.82, 2.24) is 5.43 Å². The molecule has 5 aliphatic rings. The molecule has 40 heavy (non-hydrogen) atoms. The Balaban J connectivity index is 1.32. The van der Waals surface area contributed by atoms with Crippen LogP contribution in [0, 0.1) is 32.2 Å². The number of hydrogen-bond acceptors (Lipinski definition) is 8. The van der Waals surface area contributed by atoms with E-state index in [2.05, 4.69) is 40.0 Å². The van der Waals surface area contributed by atoms with Crippen LogP contribution < -0.4 is 5.43 Å². The lowest BCUT2D eigenvalue weighted by molar-refractivity contribution is -0.237. The Kier molecular flexibility index (Phi) is 6.87. The van der Waals surface area contributed by atoms with Gasteiger partial charge in [-0.15, -0.1) is 0 Å². The summed E-state index contributed by atoms with van der Waals surface area (Å²) in [7, 11) is 0. The zero-order valence-electron chi connectivity index (χ0n) is 22.6. The lowest BCUT2D eigenvalue weighted by Gasteiger charge is -2.65. The molecule has 9 nitrogen and oxygen atoms in total. The Morgan fingerprint density at radius 3 is 2.65 bits per heavy atom. The molecule has 5 N–H and O–H groups in total. The zero-order valence-corrected chi connectivity index (χ0v) is 24.8. The second-order valence-corrected chi connectivity index (χ2v) is 14.1. The van der Waals surface area contributed by atoms with Gasteiger partial charge in [0, 0.05) is 33.1 Å². The van der Waals surface area contributed by atoms with Crippen LogP contribution in [-0.4, -0.2) is 62.4 Å². The van der Waals surface area contributed by atoms with Crippen molar-refractivity contribution in [2.24, 2.45) is 33.7 Å². The fraction of sp³-hybridized carbons (Fsp3) is 0.633. The van der Waals surface area contributed by atoms with Gasteiger partial charge in [-0.25, -0.2) is 10.2 Å². The first-order chi connectivity index (χ1) is 18.9. The second-order valence-electron chi connectivity index (χ2n) is 12.9. The quantitative estimate of drug-likeness (QED) is 0.143. The van der Waals surface area contributed by atoms with Crippen LogP contribution >= 0.6 is 22.6 Å². The lowest BCUT2D eigenvalue weighted by Crippen LogP contribution is -2.68. The number of aromatic hydroxyl groups is 1. The van der Waals surface area contributed by atoms with Gasteiger partial charge in [0.2, 0.25) is 0 Å². The highest BCUT2D eigenvalue weighted by atomic mass is 127. The third-order valence-corrected chi connectivity index (χ3v) is 12.0. The number of phenolic OH excluding ortho intramolecular Hbond substituents is 1. The number of carbonyl (C=O) groups is 2. The number of amides is 1. The highest BCUT2D eigenvalue weighted by Gasteiger charge is 2.71. The van der Waals surface area contributed by atoms with E-state index in [0.717, 1.165) is 28.4 Å². The van der Waals surface area contributed by atoms with Crippen LogP contribution in [0.3, 0.4) is 0 Å². The molecule has 1 amide bonds. The number of halogens is 1. The van der Waals surface area contributed by atoms with Crippen molar-refractivity contribution < 1.29 is 34.8 Å². The number of aliphatic hydroxyl groups excluding tert-OH is 1. The van der Waals surface area contributed by atoms with E-state index in [1.807, 2.05) is 0 Å². The van der Waals surface area contributed by atoms with Crippen LogP contribution in [0.15, 0.2) is 34.9 Å². The molecule has 1 aromatic rings. The van der Waals surface area contributed by atoms with Crippen molar-refractivity contribution in [1.29, 1.82) is 0 Å². The smallest absolute Gasteiger partial charge is 0.331 e. The number of esters is 1. The van der Waals surface area contributed by atoms with Gasteiger partial charge < -0.3 is 25.2 Å². The highest BCUT2D eigenvalue weighted by Crippen LogP contribution is 2.70. The van der Waals surface area contributed by atoms with Gasteiger partial charge in [-0.05, 0) is 115 Å². The normalized spacial score (nSPS) is 42.5. The Morgan fingerprint density at radius 2 is 1.90 bits per heavy atom. The van der Waals surface area contributed by atoms with Gasteiger partial charge in [0.05, 0.1) is 22.9 Å². The third kappa shape index (κ3) is 4.07. The van der Waals surface area contributed by atoms with E-state index >= 15 is 0 Å². The number of phenols is 1. The van der Waals surface area contributed by atoms with Gasteiger partial charge in [-0.1, -0.05) is 6.92 Å². The Morgan fingerprint density at radius 1 is 1.12 bits per heavy atom. The van der Waals surface area contributed by atoms with Crippen LogP contribution in [-0.2, 0) is 9.53 Å². The minimum atomic E-state index is -1.22. The Hall–Kier alpha value is -2.02. The molecule has 8 atom stereocenters. The molecule has 4 saturated carbocycles. The number of hydrogen-bond donors (Lipinski definition) is 5. The maximum absolute atomic E-state index is 12.9. The molecule has 1 aromatic carbocycles. The maximum atomic E-state index is 12.9. The fourth-order valence-electron chi connectivity index (χ4n) is 9.32. The molecule has 1 heterocycles. The molecule has 4 fully saturated rings. The number of benzene rings is 1. The zero-order chi connectivity index (χ0) is 28.5. The predicted molar refractivity (Wildman–Crippen MR) is 154 cm³/mol. The minimum absolute atomic E-state index is 0.0594. The highest BCUT2D eigenvalue weighted by molar-refractivity contribution is 14.1. The van der Waals surface area contributed by atoms with Crippen molar-refractivity contribution in [2.45, 2.75) is 82.0 Å². The average molecular weight is 665 g/mol. The van der Waals surface area contributed by atoms with E-state index in [0.29, 0.717) is 32.1 Å². The van der Waals surface area contributed by atoms with Crippen LogP contribution in [0.5, 0.6) is 5.75 Å². The summed E-state index contributed by atoms with van der Waals surface area (Å²) in [5.74, 6) is -1.16.